The molecule has 2 aliphatic heterocycles. The van der Waals surface area contributed by atoms with Gasteiger partial charge in [-0.1, -0.05) is 6.07 Å². The maximum Gasteiger partial charge on any atom is 0.253 e. The van der Waals surface area contributed by atoms with Crippen LogP contribution in [0.4, 0.5) is 0 Å². The lowest BCUT2D eigenvalue weighted by molar-refractivity contribution is -0.132. The Balaban J connectivity index is 1.63. The summed E-state index contributed by atoms with van der Waals surface area (Å²) in [4.78, 5) is 28.8. The molecule has 0 saturated carbocycles. The Morgan fingerprint density at radius 1 is 1.21 bits per heavy atom. The highest BCUT2D eigenvalue weighted by atomic mass is 32.2. The smallest absolute Gasteiger partial charge is 0.253 e. The minimum Gasteiger partial charge on any atom is -0.339 e. The van der Waals surface area contributed by atoms with Crippen molar-refractivity contribution >= 4 is 23.6 Å². The van der Waals surface area contributed by atoms with Crippen molar-refractivity contribution in [3.05, 3.63) is 35.4 Å². The van der Waals surface area contributed by atoms with Gasteiger partial charge in [0.05, 0.1) is 17.7 Å². The van der Waals surface area contributed by atoms with Crippen LogP contribution in [0.3, 0.4) is 0 Å². The van der Waals surface area contributed by atoms with Crippen LogP contribution in [0.5, 0.6) is 0 Å². The van der Waals surface area contributed by atoms with Crippen molar-refractivity contribution in [2.24, 2.45) is 0 Å². The first-order valence-electron chi connectivity index (χ1n) is 8.08. The van der Waals surface area contributed by atoms with Gasteiger partial charge in [-0.25, -0.2) is 0 Å². The molecule has 24 heavy (non-hydrogen) atoms. The number of hydrogen-bond donors (Lipinski definition) is 1. The van der Waals surface area contributed by atoms with E-state index in [0.717, 1.165) is 18.1 Å². The van der Waals surface area contributed by atoms with Crippen LogP contribution >= 0.6 is 11.8 Å². The number of benzene rings is 1. The van der Waals surface area contributed by atoms with Gasteiger partial charge in [-0.05, 0) is 24.6 Å². The van der Waals surface area contributed by atoms with Crippen LogP contribution < -0.4 is 5.32 Å². The number of rotatable bonds is 2. The van der Waals surface area contributed by atoms with E-state index in [1.807, 2.05) is 4.90 Å². The van der Waals surface area contributed by atoms with Crippen molar-refractivity contribution in [3.8, 4) is 6.07 Å². The van der Waals surface area contributed by atoms with Crippen molar-refractivity contribution < 1.29 is 9.59 Å². The maximum atomic E-state index is 12.7. The molecule has 3 rings (SSSR count). The van der Waals surface area contributed by atoms with Crippen LogP contribution in [0, 0.1) is 11.3 Å². The van der Waals surface area contributed by atoms with Crippen LogP contribution in [-0.2, 0) is 4.79 Å². The molecule has 0 aliphatic carbocycles. The van der Waals surface area contributed by atoms with Crippen molar-refractivity contribution in [2.45, 2.75) is 12.5 Å². The molecule has 1 unspecified atom stereocenters. The Kier molecular flexibility index (Phi) is 5.38. The summed E-state index contributed by atoms with van der Waals surface area (Å²) >= 11 is 1.74. The molecule has 126 valence electrons. The van der Waals surface area contributed by atoms with E-state index < -0.39 is 0 Å². The fourth-order valence-electron chi connectivity index (χ4n) is 3.02. The molecule has 2 heterocycles. The van der Waals surface area contributed by atoms with Crippen LogP contribution in [0.15, 0.2) is 24.3 Å². The molecule has 2 aliphatic rings. The van der Waals surface area contributed by atoms with E-state index in [2.05, 4.69) is 11.4 Å². The lowest BCUT2D eigenvalue weighted by Gasteiger charge is -2.24. The summed E-state index contributed by atoms with van der Waals surface area (Å²) in [5.74, 6) is 1.71. The second-order valence-electron chi connectivity index (χ2n) is 5.94. The van der Waals surface area contributed by atoms with Gasteiger partial charge in [-0.2, -0.15) is 5.26 Å². The number of thioether (sulfide) groups is 1. The highest BCUT2D eigenvalue weighted by Crippen LogP contribution is 2.15. The number of hydrogen-bond acceptors (Lipinski definition) is 5. The Hall–Kier alpha value is -2.04. The molecule has 1 aromatic carbocycles. The van der Waals surface area contributed by atoms with Gasteiger partial charge < -0.3 is 9.80 Å². The Bertz CT molecular complexity index is 667. The zero-order chi connectivity index (χ0) is 16.9. The highest BCUT2D eigenvalue weighted by Gasteiger charge is 2.29. The average Bonchev–Trinajstić information content (AvgIpc) is 3.05. The normalized spacial score (nSPS) is 21.2. The van der Waals surface area contributed by atoms with Gasteiger partial charge >= 0.3 is 0 Å². The topological polar surface area (TPSA) is 76.4 Å². The van der Waals surface area contributed by atoms with E-state index in [-0.39, 0.29) is 17.9 Å². The zero-order valence-electron chi connectivity index (χ0n) is 13.4. The quantitative estimate of drug-likeness (QED) is 0.862. The first kappa shape index (κ1) is 16.8. The van der Waals surface area contributed by atoms with Gasteiger partial charge in [0.15, 0.2) is 0 Å². The number of carbonyl (C=O) groups excluding carboxylic acids is 2. The van der Waals surface area contributed by atoms with Gasteiger partial charge in [0, 0.05) is 43.4 Å². The van der Waals surface area contributed by atoms with Crippen LogP contribution in [0.1, 0.15) is 22.3 Å². The minimum atomic E-state index is -0.0930. The zero-order valence-corrected chi connectivity index (χ0v) is 14.2. The second kappa shape index (κ2) is 7.69. The molecule has 2 fully saturated rings. The lowest BCUT2D eigenvalue weighted by atomic mass is 10.1. The summed E-state index contributed by atoms with van der Waals surface area (Å²) in [6.07, 6.45) is 0.773. The van der Waals surface area contributed by atoms with Crippen LogP contribution in [0.25, 0.3) is 0 Å². The van der Waals surface area contributed by atoms with E-state index >= 15 is 0 Å². The molecular formula is C17H20N4O2S. The number of nitrogens with one attached hydrogen (secondary N) is 1. The predicted molar refractivity (Wildman–Crippen MR) is 92.5 cm³/mol. The summed E-state index contributed by atoms with van der Waals surface area (Å²) in [6, 6.07) is 8.73. The molecule has 0 radical (unpaired) electrons. The molecule has 7 heteroatoms. The Morgan fingerprint density at radius 2 is 2.00 bits per heavy atom. The number of carbonyl (C=O) groups is 2. The summed E-state index contributed by atoms with van der Waals surface area (Å²) < 4.78 is 0. The van der Waals surface area contributed by atoms with Gasteiger partial charge in [-0.3, -0.25) is 14.9 Å². The van der Waals surface area contributed by atoms with Crippen molar-refractivity contribution in [1.29, 1.82) is 5.26 Å². The maximum absolute atomic E-state index is 12.7. The summed E-state index contributed by atoms with van der Waals surface area (Å²) in [5.41, 5.74) is 1.01. The second-order valence-corrected chi connectivity index (χ2v) is 6.97. The fraction of sp³-hybridized carbons (Fsp3) is 0.471. The molecule has 0 spiro atoms. The Morgan fingerprint density at radius 3 is 2.75 bits per heavy atom. The number of amides is 2. The lowest BCUT2D eigenvalue weighted by Crippen LogP contribution is -2.46. The molecule has 1 N–H and O–H groups in total. The van der Waals surface area contributed by atoms with E-state index in [9.17, 15) is 9.59 Å². The Labute approximate surface area is 145 Å². The molecule has 2 amide bonds. The molecule has 1 aromatic rings. The van der Waals surface area contributed by atoms with Crippen LogP contribution in [-0.4, -0.2) is 65.5 Å². The number of nitriles is 1. The van der Waals surface area contributed by atoms with Crippen molar-refractivity contribution in [1.82, 2.24) is 15.1 Å². The molecule has 0 bridgehead atoms. The van der Waals surface area contributed by atoms with E-state index in [4.69, 9.17) is 5.26 Å². The summed E-state index contributed by atoms with van der Waals surface area (Å²) in [5, 5.41) is 12.2. The summed E-state index contributed by atoms with van der Waals surface area (Å²) in [6.45, 7) is 2.41. The first-order valence-corrected chi connectivity index (χ1v) is 9.24. The largest absolute Gasteiger partial charge is 0.339 e. The van der Waals surface area contributed by atoms with Crippen molar-refractivity contribution in [2.75, 3.05) is 37.8 Å². The monoisotopic (exact) mass is 344 g/mol. The fourth-order valence-corrected chi connectivity index (χ4v) is 3.95. The average molecular weight is 344 g/mol. The molecule has 1 atom stereocenters. The highest BCUT2D eigenvalue weighted by molar-refractivity contribution is 7.99. The van der Waals surface area contributed by atoms with E-state index in [0.29, 0.717) is 37.3 Å². The van der Waals surface area contributed by atoms with Gasteiger partial charge in [0.25, 0.3) is 5.91 Å². The van der Waals surface area contributed by atoms with Crippen molar-refractivity contribution in [3.63, 3.8) is 0 Å². The summed E-state index contributed by atoms with van der Waals surface area (Å²) in [7, 11) is 0. The minimum absolute atomic E-state index is 0.0732. The third-order valence-electron chi connectivity index (χ3n) is 4.35. The molecule has 6 nitrogen and oxygen atoms in total. The SMILES string of the molecule is N#Cc1cccc(C(=O)N2CCCN(C(=O)C3CSCN3)CC2)c1. The van der Waals surface area contributed by atoms with E-state index in [1.54, 1.807) is 40.9 Å². The molecule has 2 saturated heterocycles. The van der Waals surface area contributed by atoms with Crippen LogP contribution in [0.2, 0.25) is 0 Å². The third-order valence-corrected chi connectivity index (χ3v) is 5.29. The molecule has 0 aromatic heterocycles. The van der Waals surface area contributed by atoms with E-state index in [1.165, 1.54) is 0 Å². The standard InChI is InChI=1S/C17H20N4O2S/c18-10-13-3-1-4-14(9-13)16(22)20-5-2-6-21(8-7-20)17(23)15-11-24-12-19-15/h1,3-4,9,15,19H,2,5-8,11-12H2. The van der Waals surface area contributed by atoms with Gasteiger partial charge in [0.1, 0.15) is 0 Å². The van der Waals surface area contributed by atoms with Gasteiger partial charge in [0.2, 0.25) is 5.91 Å². The third kappa shape index (κ3) is 3.71. The number of nitrogens with zero attached hydrogens (tertiary/aromatic N) is 3. The first-order chi connectivity index (χ1) is 11.7. The molecular weight excluding hydrogens is 324 g/mol. The predicted octanol–water partition coefficient (Wildman–Crippen LogP) is 0.895. The van der Waals surface area contributed by atoms with Gasteiger partial charge in [-0.15, -0.1) is 11.8 Å².